The minimum Gasteiger partial charge on any atom is -0.508 e. The Kier molecular flexibility index (Phi) is 5.69. The topological polar surface area (TPSA) is 96.3 Å². The van der Waals surface area contributed by atoms with Crippen LogP contribution in [0.1, 0.15) is 6.42 Å². The number of aromatic nitrogens is 2. The van der Waals surface area contributed by atoms with Crippen LogP contribution in [-0.4, -0.2) is 94.5 Å². The third-order valence-corrected chi connectivity index (χ3v) is 8.76. The molecule has 3 aromatic carbocycles. The standard InChI is InChI=1S/C29H28ClFN6O3/c1-34(2)16-13-35(14-16)28-32-26-20(27(33-28)36-7-8-37(29(39)40)23-12-22(23)36)11-21(30)24(25(26)31)19-10-17(38)9-15-5-3-4-6-18(15)19/h3-6,9-11,16,22-23,38H,7-8,12-14H2,1-2H3,(H,39,40). The second-order valence-corrected chi connectivity index (χ2v) is 11.5. The fourth-order valence-electron chi connectivity index (χ4n) is 6.11. The van der Waals surface area contributed by atoms with Crippen LogP contribution in [0.25, 0.3) is 32.8 Å². The van der Waals surface area contributed by atoms with Crippen LogP contribution in [0.3, 0.4) is 0 Å². The maximum atomic E-state index is 16.7. The van der Waals surface area contributed by atoms with E-state index < -0.39 is 11.9 Å². The second kappa shape index (κ2) is 9.07. The average Bonchev–Trinajstić information content (AvgIpc) is 3.68. The molecule has 0 radical (unpaired) electrons. The van der Waals surface area contributed by atoms with Gasteiger partial charge in [-0.15, -0.1) is 0 Å². The molecule has 1 aromatic heterocycles. The van der Waals surface area contributed by atoms with Gasteiger partial charge in [-0.2, -0.15) is 4.98 Å². The molecule has 11 heteroatoms. The molecule has 2 saturated heterocycles. The lowest BCUT2D eigenvalue weighted by Gasteiger charge is -2.43. The molecule has 2 N–H and O–H groups in total. The maximum absolute atomic E-state index is 16.7. The zero-order valence-corrected chi connectivity index (χ0v) is 22.8. The molecule has 2 unspecified atom stereocenters. The zero-order chi connectivity index (χ0) is 27.9. The molecule has 4 aromatic rings. The quantitative estimate of drug-likeness (QED) is 0.371. The van der Waals surface area contributed by atoms with E-state index in [1.807, 2.05) is 43.3 Å². The fourth-order valence-corrected chi connectivity index (χ4v) is 6.40. The minimum absolute atomic E-state index is 0.0136. The van der Waals surface area contributed by atoms with Crippen molar-refractivity contribution >= 4 is 51.1 Å². The van der Waals surface area contributed by atoms with Crippen molar-refractivity contribution in [2.75, 3.05) is 50.1 Å². The zero-order valence-electron chi connectivity index (χ0n) is 22.1. The number of hydrogen-bond acceptors (Lipinski definition) is 7. The van der Waals surface area contributed by atoms with E-state index in [4.69, 9.17) is 21.6 Å². The van der Waals surface area contributed by atoms with Crippen LogP contribution in [0.4, 0.5) is 21.0 Å². The summed E-state index contributed by atoms with van der Waals surface area (Å²) in [5.41, 5.74) is 0.806. The second-order valence-electron chi connectivity index (χ2n) is 11.1. The highest BCUT2D eigenvalue weighted by Crippen LogP contribution is 2.45. The molecule has 7 rings (SSSR count). The van der Waals surface area contributed by atoms with Gasteiger partial charge in [-0.1, -0.05) is 35.9 Å². The molecular weight excluding hydrogens is 535 g/mol. The van der Waals surface area contributed by atoms with Crippen LogP contribution in [0, 0.1) is 5.82 Å². The van der Waals surface area contributed by atoms with Crippen LogP contribution in [0.2, 0.25) is 5.02 Å². The first kappa shape index (κ1) is 25.1. The molecule has 3 heterocycles. The number of likely N-dealkylation sites (N-methyl/N-ethyl adjacent to an activating group) is 1. The number of amides is 1. The van der Waals surface area contributed by atoms with Crippen LogP contribution in [0.5, 0.6) is 5.75 Å². The van der Waals surface area contributed by atoms with E-state index in [9.17, 15) is 15.0 Å². The number of nitrogens with zero attached hydrogens (tertiary/aromatic N) is 6. The van der Waals surface area contributed by atoms with Crippen LogP contribution < -0.4 is 9.80 Å². The summed E-state index contributed by atoms with van der Waals surface area (Å²) in [4.78, 5) is 29.1. The van der Waals surface area contributed by atoms with Crippen molar-refractivity contribution in [3.8, 4) is 16.9 Å². The number of aromatic hydroxyl groups is 1. The van der Waals surface area contributed by atoms with Crippen LogP contribution in [0.15, 0.2) is 42.5 Å². The molecular formula is C29H28ClFN6O3. The predicted molar refractivity (Wildman–Crippen MR) is 153 cm³/mol. The summed E-state index contributed by atoms with van der Waals surface area (Å²) < 4.78 is 16.7. The smallest absolute Gasteiger partial charge is 0.407 e. The molecule has 40 heavy (non-hydrogen) atoms. The van der Waals surface area contributed by atoms with Gasteiger partial charge in [0.1, 0.15) is 17.1 Å². The number of fused-ring (bicyclic) bond motifs is 3. The van der Waals surface area contributed by atoms with Crippen molar-refractivity contribution in [1.82, 2.24) is 19.8 Å². The van der Waals surface area contributed by atoms with Crippen molar-refractivity contribution in [2.24, 2.45) is 0 Å². The van der Waals surface area contributed by atoms with Gasteiger partial charge >= 0.3 is 6.09 Å². The lowest BCUT2D eigenvalue weighted by Crippen LogP contribution is -2.58. The molecule has 3 aliphatic rings. The van der Waals surface area contributed by atoms with E-state index in [1.54, 1.807) is 12.1 Å². The number of phenols is 1. The monoisotopic (exact) mass is 562 g/mol. The van der Waals surface area contributed by atoms with E-state index in [1.165, 1.54) is 11.0 Å². The normalized spacial score (nSPS) is 20.8. The molecule has 2 atom stereocenters. The summed E-state index contributed by atoms with van der Waals surface area (Å²) in [7, 11) is 4.05. The Morgan fingerprint density at radius 2 is 1.85 bits per heavy atom. The van der Waals surface area contributed by atoms with Gasteiger partial charge in [0.05, 0.1) is 17.1 Å². The number of piperazine rings is 1. The van der Waals surface area contributed by atoms with Crippen molar-refractivity contribution in [2.45, 2.75) is 24.5 Å². The van der Waals surface area contributed by atoms with Crippen LogP contribution in [-0.2, 0) is 0 Å². The highest BCUT2D eigenvalue weighted by atomic mass is 35.5. The summed E-state index contributed by atoms with van der Waals surface area (Å²) in [5, 5.41) is 22.2. The summed E-state index contributed by atoms with van der Waals surface area (Å²) in [6.45, 7) is 2.22. The van der Waals surface area contributed by atoms with Crippen molar-refractivity contribution in [3.05, 3.63) is 53.3 Å². The van der Waals surface area contributed by atoms with Gasteiger partial charge in [0.15, 0.2) is 5.82 Å². The van der Waals surface area contributed by atoms with Gasteiger partial charge in [-0.3, -0.25) is 0 Å². The first-order valence-electron chi connectivity index (χ1n) is 13.3. The number of hydrogen-bond donors (Lipinski definition) is 2. The molecule has 3 fully saturated rings. The summed E-state index contributed by atoms with van der Waals surface area (Å²) >= 11 is 6.82. The van der Waals surface area contributed by atoms with Gasteiger partial charge in [0, 0.05) is 43.2 Å². The summed E-state index contributed by atoms with van der Waals surface area (Å²) in [6, 6.07) is 12.5. The van der Waals surface area contributed by atoms with Gasteiger partial charge in [0.2, 0.25) is 5.95 Å². The lowest BCUT2D eigenvalue weighted by atomic mass is 9.96. The van der Waals surface area contributed by atoms with E-state index in [0.717, 1.165) is 23.9 Å². The number of benzene rings is 3. The number of carbonyl (C=O) groups is 1. The van der Waals surface area contributed by atoms with Gasteiger partial charge in [-0.05, 0) is 55.1 Å². The Bertz CT molecular complexity index is 1690. The van der Waals surface area contributed by atoms with E-state index >= 15 is 4.39 Å². The first-order valence-corrected chi connectivity index (χ1v) is 13.7. The predicted octanol–water partition coefficient (Wildman–Crippen LogP) is 4.64. The number of halogens is 2. The number of carboxylic acid groups (broad SMARTS) is 1. The number of anilines is 2. The molecule has 0 spiro atoms. The summed E-state index contributed by atoms with van der Waals surface area (Å²) in [6.07, 6.45) is -0.226. The summed E-state index contributed by atoms with van der Waals surface area (Å²) in [5.74, 6) is 0.439. The van der Waals surface area contributed by atoms with E-state index in [2.05, 4.69) is 9.80 Å². The highest BCUT2D eigenvalue weighted by Gasteiger charge is 2.52. The van der Waals surface area contributed by atoms with Crippen LogP contribution >= 0.6 is 11.6 Å². The van der Waals surface area contributed by atoms with Crippen molar-refractivity contribution in [1.29, 1.82) is 0 Å². The van der Waals surface area contributed by atoms with Crippen molar-refractivity contribution < 1.29 is 19.4 Å². The Morgan fingerprint density at radius 3 is 2.60 bits per heavy atom. The third kappa shape index (κ3) is 3.88. The number of phenolic OH excluding ortho intramolecular Hbond substituents is 1. The molecule has 1 aliphatic carbocycles. The molecule has 1 amide bonds. The number of rotatable bonds is 4. The van der Waals surface area contributed by atoms with Crippen molar-refractivity contribution in [3.63, 3.8) is 0 Å². The maximum Gasteiger partial charge on any atom is 0.407 e. The Hall–Kier alpha value is -3.89. The largest absolute Gasteiger partial charge is 0.508 e. The third-order valence-electron chi connectivity index (χ3n) is 8.47. The Balaban J connectivity index is 1.41. The fraction of sp³-hybridized carbons (Fsp3) is 0.345. The molecule has 2 aliphatic heterocycles. The molecule has 1 saturated carbocycles. The van der Waals surface area contributed by atoms with E-state index in [-0.39, 0.29) is 33.9 Å². The Labute approximate surface area is 235 Å². The van der Waals surface area contributed by atoms with Gasteiger partial charge in [-0.25, -0.2) is 14.2 Å². The SMILES string of the molecule is CN(C)C1CN(c2nc(N3CCN(C(=O)O)C4CC43)c3cc(Cl)c(-c4cc(O)cc5ccccc45)c(F)c3n2)C1. The Morgan fingerprint density at radius 1 is 1.07 bits per heavy atom. The first-order chi connectivity index (χ1) is 19.2. The minimum atomic E-state index is -0.923. The molecule has 206 valence electrons. The lowest BCUT2D eigenvalue weighted by molar-refractivity contribution is 0.138. The molecule has 9 nitrogen and oxygen atoms in total. The average molecular weight is 563 g/mol. The van der Waals surface area contributed by atoms with E-state index in [0.29, 0.717) is 48.3 Å². The molecule has 0 bridgehead atoms. The van der Waals surface area contributed by atoms with Gasteiger partial charge in [0.25, 0.3) is 0 Å². The highest BCUT2D eigenvalue weighted by molar-refractivity contribution is 6.35. The van der Waals surface area contributed by atoms with Gasteiger partial charge < -0.3 is 29.8 Å².